The summed E-state index contributed by atoms with van der Waals surface area (Å²) in [5.74, 6) is 0.166. The number of fused-ring (bicyclic) bond motifs is 2. The maximum Gasteiger partial charge on any atom is 0.272 e. The van der Waals surface area contributed by atoms with Gasteiger partial charge in [0, 0.05) is 28.0 Å². The van der Waals surface area contributed by atoms with E-state index in [1.165, 1.54) is 0 Å². The minimum Gasteiger partial charge on any atom is -0.349 e. The van der Waals surface area contributed by atoms with Crippen molar-refractivity contribution in [2.45, 2.75) is 37.6 Å². The molecule has 5 rings (SSSR count). The Balaban J connectivity index is 1.30. The normalized spacial score (nSPS) is 19.2. The van der Waals surface area contributed by atoms with Crippen LogP contribution in [0.2, 0.25) is 0 Å². The van der Waals surface area contributed by atoms with Gasteiger partial charge in [-0.25, -0.2) is 9.61 Å². The number of carbonyl (C=O) groups excluding carboxylic acids is 1. The van der Waals surface area contributed by atoms with Gasteiger partial charge in [-0.3, -0.25) is 9.59 Å². The molecule has 0 unspecified atom stereocenters. The number of aromatic nitrogens is 4. The third-order valence-electron chi connectivity index (χ3n) is 5.91. The molecule has 0 radical (unpaired) electrons. The first-order valence-electron chi connectivity index (χ1n) is 10.0. The maximum atomic E-state index is 12.9. The minimum absolute atomic E-state index is 0.104. The van der Waals surface area contributed by atoms with Gasteiger partial charge in [0.05, 0.1) is 28.4 Å². The number of aromatic amines is 1. The van der Waals surface area contributed by atoms with Gasteiger partial charge in [0.2, 0.25) is 0 Å². The zero-order chi connectivity index (χ0) is 20.7. The van der Waals surface area contributed by atoms with Gasteiger partial charge in [-0.2, -0.15) is 10.2 Å². The summed E-state index contributed by atoms with van der Waals surface area (Å²) in [5, 5.41) is 16.0. The number of benzene rings is 1. The van der Waals surface area contributed by atoms with E-state index in [0.29, 0.717) is 10.9 Å². The van der Waals surface area contributed by atoms with Crippen LogP contribution in [0.1, 0.15) is 47.7 Å². The summed E-state index contributed by atoms with van der Waals surface area (Å²) >= 11 is 3.51. The van der Waals surface area contributed by atoms with Gasteiger partial charge in [0.1, 0.15) is 0 Å². The molecule has 7 nitrogen and oxygen atoms in total. The van der Waals surface area contributed by atoms with Gasteiger partial charge in [-0.05, 0) is 59.8 Å². The SMILES string of the molecule is O=C(NC1CCC(c2n[nH]c(=O)c3ccccc23)CC1)c1cnn2cccc(Br)c12. The topological polar surface area (TPSA) is 92.1 Å². The van der Waals surface area contributed by atoms with Crippen LogP contribution in [0.25, 0.3) is 16.3 Å². The van der Waals surface area contributed by atoms with Crippen LogP contribution in [-0.4, -0.2) is 31.8 Å². The van der Waals surface area contributed by atoms with E-state index >= 15 is 0 Å². The highest BCUT2D eigenvalue weighted by atomic mass is 79.9. The Bertz CT molecular complexity index is 1300. The lowest BCUT2D eigenvalue weighted by molar-refractivity contribution is 0.0927. The Morgan fingerprint density at radius 3 is 2.67 bits per heavy atom. The third-order valence-corrected chi connectivity index (χ3v) is 6.55. The van der Waals surface area contributed by atoms with E-state index in [4.69, 9.17) is 0 Å². The lowest BCUT2D eigenvalue weighted by Gasteiger charge is -2.29. The Kier molecular flexibility index (Phi) is 4.86. The Morgan fingerprint density at radius 1 is 1.10 bits per heavy atom. The van der Waals surface area contributed by atoms with Crippen LogP contribution >= 0.6 is 15.9 Å². The predicted octanol–water partition coefficient (Wildman–Crippen LogP) is 3.79. The van der Waals surface area contributed by atoms with Gasteiger partial charge in [0.25, 0.3) is 11.5 Å². The molecule has 1 fully saturated rings. The zero-order valence-corrected chi connectivity index (χ0v) is 17.7. The fraction of sp³-hybridized carbons (Fsp3) is 0.273. The second-order valence-corrected chi connectivity index (χ2v) is 8.57. The predicted molar refractivity (Wildman–Crippen MR) is 118 cm³/mol. The quantitative estimate of drug-likeness (QED) is 0.481. The molecule has 0 spiro atoms. The number of halogens is 1. The number of hydrogen-bond acceptors (Lipinski definition) is 4. The highest BCUT2D eigenvalue weighted by molar-refractivity contribution is 9.10. The number of nitrogens with one attached hydrogen (secondary N) is 2. The lowest BCUT2D eigenvalue weighted by Crippen LogP contribution is -2.37. The third kappa shape index (κ3) is 3.31. The van der Waals surface area contributed by atoms with Crippen LogP contribution in [-0.2, 0) is 0 Å². The van der Waals surface area contributed by atoms with Gasteiger partial charge < -0.3 is 5.32 Å². The second kappa shape index (κ2) is 7.68. The highest BCUT2D eigenvalue weighted by Gasteiger charge is 2.27. The molecule has 0 bridgehead atoms. The molecule has 0 atom stereocenters. The first kappa shape index (κ1) is 19.0. The van der Waals surface area contributed by atoms with Crippen LogP contribution in [0.5, 0.6) is 0 Å². The molecular weight excluding hydrogens is 446 g/mol. The van der Waals surface area contributed by atoms with Crippen LogP contribution in [0.4, 0.5) is 0 Å². The average molecular weight is 466 g/mol. The van der Waals surface area contributed by atoms with Crippen LogP contribution in [0.15, 0.2) is 58.1 Å². The molecule has 2 N–H and O–H groups in total. The minimum atomic E-state index is -0.158. The summed E-state index contributed by atoms with van der Waals surface area (Å²) in [5.41, 5.74) is 2.13. The van der Waals surface area contributed by atoms with E-state index in [-0.39, 0.29) is 23.4 Å². The Hall–Kier alpha value is -3.00. The largest absolute Gasteiger partial charge is 0.349 e. The van der Waals surface area contributed by atoms with E-state index in [1.807, 2.05) is 42.6 Å². The molecule has 0 saturated heterocycles. The van der Waals surface area contributed by atoms with Crippen LogP contribution in [0.3, 0.4) is 0 Å². The van der Waals surface area contributed by atoms with E-state index in [2.05, 4.69) is 36.5 Å². The van der Waals surface area contributed by atoms with E-state index in [1.54, 1.807) is 10.7 Å². The molecule has 30 heavy (non-hydrogen) atoms. The van der Waals surface area contributed by atoms with Crippen LogP contribution < -0.4 is 10.9 Å². The molecule has 8 heteroatoms. The second-order valence-electron chi connectivity index (χ2n) is 7.71. The van der Waals surface area contributed by atoms with Crippen molar-refractivity contribution < 1.29 is 4.79 Å². The van der Waals surface area contributed by atoms with Gasteiger partial charge in [-0.15, -0.1) is 0 Å². The summed E-state index contributed by atoms with van der Waals surface area (Å²) in [6, 6.07) is 11.5. The van der Waals surface area contributed by atoms with Crippen molar-refractivity contribution in [1.82, 2.24) is 25.1 Å². The molecule has 152 valence electrons. The van der Waals surface area contributed by atoms with Gasteiger partial charge >= 0.3 is 0 Å². The van der Waals surface area contributed by atoms with Crippen molar-refractivity contribution in [2.75, 3.05) is 0 Å². The molecule has 4 aromatic rings. The molecule has 1 aliphatic carbocycles. The fourth-order valence-electron chi connectivity index (χ4n) is 4.39. The molecule has 1 aromatic carbocycles. The zero-order valence-electron chi connectivity index (χ0n) is 16.1. The maximum absolute atomic E-state index is 12.9. The monoisotopic (exact) mass is 465 g/mol. The molecular formula is C22H20BrN5O2. The average Bonchev–Trinajstić information content (AvgIpc) is 3.21. The number of carbonyl (C=O) groups is 1. The number of H-pyrrole nitrogens is 1. The molecule has 0 aliphatic heterocycles. The molecule has 3 heterocycles. The number of nitrogens with zero attached hydrogens (tertiary/aromatic N) is 3. The summed E-state index contributed by atoms with van der Waals surface area (Å²) in [4.78, 5) is 24.9. The molecule has 1 amide bonds. The van der Waals surface area contributed by atoms with E-state index in [0.717, 1.165) is 46.8 Å². The van der Waals surface area contributed by atoms with Crippen molar-refractivity contribution in [3.8, 4) is 0 Å². The molecule has 1 aliphatic rings. The first-order valence-corrected chi connectivity index (χ1v) is 10.8. The number of hydrogen-bond donors (Lipinski definition) is 2. The summed E-state index contributed by atoms with van der Waals surface area (Å²) < 4.78 is 2.54. The summed E-state index contributed by atoms with van der Waals surface area (Å²) in [6.07, 6.45) is 6.98. The number of amides is 1. The van der Waals surface area contributed by atoms with Gasteiger partial charge in [-0.1, -0.05) is 18.2 Å². The van der Waals surface area contributed by atoms with Crippen molar-refractivity contribution >= 4 is 38.1 Å². The first-order chi connectivity index (χ1) is 14.6. The fourth-order valence-corrected chi connectivity index (χ4v) is 4.94. The van der Waals surface area contributed by atoms with Crippen molar-refractivity contribution in [3.05, 3.63) is 74.9 Å². The Morgan fingerprint density at radius 2 is 1.87 bits per heavy atom. The van der Waals surface area contributed by atoms with E-state index in [9.17, 15) is 9.59 Å². The lowest BCUT2D eigenvalue weighted by atomic mass is 9.82. The molecule has 3 aromatic heterocycles. The highest BCUT2D eigenvalue weighted by Crippen LogP contribution is 2.34. The number of rotatable bonds is 3. The van der Waals surface area contributed by atoms with Crippen molar-refractivity contribution in [1.29, 1.82) is 0 Å². The number of pyridine rings is 1. The van der Waals surface area contributed by atoms with Crippen molar-refractivity contribution in [3.63, 3.8) is 0 Å². The summed E-state index contributed by atoms with van der Waals surface area (Å²) in [6.45, 7) is 0. The van der Waals surface area contributed by atoms with E-state index < -0.39 is 0 Å². The Labute approximate surface area is 180 Å². The van der Waals surface area contributed by atoms with Gasteiger partial charge in [0.15, 0.2) is 0 Å². The van der Waals surface area contributed by atoms with Crippen LogP contribution in [0, 0.1) is 0 Å². The smallest absolute Gasteiger partial charge is 0.272 e. The summed E-state index contributed by atoms with van der Waals surface area (Å²) in [7, 11) is 0. The molecule has 1 saturated carbocycles. The standard InChI is InChI=1S/C22H20BrN5O2/c23-18-6-3-11-28-20(18)17(12-24-28)21(29)25-14-9-7-13(8-10-14)19-15-4-1-2-5-16(15)22(30)27-26-19/h1-6,11-14H,7-10H2,(H,25,29)(H,27,30). The van der Waals surface area contributed by atoms with Crippen molar-refractivity contribution in [2.24, 2.45) is 0 Å².